The van der Waals surface area contributed by atoms with Gasteiger partial charge in [-0.2, -0.15) is 5.10 Å². The minimum atomic E-state index is -0.449. The average Bonchev–Trinajstić information content (AvgIpc) is 2.61. The Morgan fingerprint density at radius 3 is 2.62 bits per heavy atom. The van der Waals surface area contributed by atoms with Crippen LogP contribution in [0.1, 0.15) is 12.5 Å². The lowest BCUT2D eigenvalue weighted by Gasteiger charge is -2.08. The van der Waals surface area contributed by atoms with Crippen LogP contribution in [0, 0.1) is 0 Å². The Morgan fingerprint density at radius 2 is 1.92 bits per heavy atom. The molecule has 0 aromatic heterocycles. The molecule has 2 aromatic carbocycles. The van der Waals surface area contributed by atoms with Crippen molar-refractivity contribution >= 4 is 29.7 Å². The van der Waals surface area contributed by atoms with Crippen LogP contribution < -0.4 is 19.6 Å². The molecule has 0 aliphatic heterocycles. The molecule has 26 heavy (non-hydrogen) atoms. The fourth-order valence-electron chi connectivity index (χ4n) is 1.92. The van der Waals surface area contributed by atoms with Crippen molar-refractivity contribution in [3.63, 3.8) is 0 Å². The second-order valence-corrected chi connectivity index (χ2v) is 5.42. The van der Waals surface area contributed by atoms with Crippen LogP contribution in [-0.4, -0.2) is 31.8 Å². The lowest BCUT2D eigenvalue weighted by Crippen LogP contribution is -2.24. The van der Waals surface area contributed by atoms with E-state index >= 15 is 0 Å². The summed E-state index contributed by atoms with van der Waals surface area (Å²) in [5, 5.41) is 4.26. The third-order valence-electron chi connectivity index (χ3n) is 3.04. The molecule has 2 aromatic rings. The standard InChI is InChI=1S/C18H17ClN2O5/c1-12(22)26-16-8-7-13(9-17(16)24-2)10-20-21-18(23)11-25-15-6-4-3-5-14(15)19/h3-10H,11H2,1-2H3,(H,21,23). The molecule has 1 N–H and O–H groups in total. The molecular formula is C18H17ClN2O5. The van der Waals surface area contributed by atoms with Crippen LogP contribution in [0.4, 0.5) is 0 Å². The van der Waals surface area contributed by atoms with Gasteiger partial charge in [0.15, 0.2) is 18.1 Å². The van der Waals surface area contributed by atoms with Crippen LogP contribution in [0.25, 0.3) is 0 Å². The lowest BCUT2D eigenvalue weighted by atomic mass is 10.2. The predicted octanol–water partition coefficient (Wildman–Crippen LogP) is 2.80. The van der Waals surface area contributed by atoms with Crippen molar-refractivity contribution < 1.29 is 23.8 Å². The molecule has 0 radical (unpaired) electrons. The third kappa shape index (κ3) is 5.78. The van der Waals surface area contributed by atoms with E-state index in [1.165, 1.54) is 20.2 Å². The van der Waals surface area contributed by atoms with Crippen LogP contribution >= 0.6 is 11.6 Å². The summed E-state index contributed by atoms with van der Waals surface area (Å²) in [5.74, 6) is 0.200. The highest BCUT2D eigenvalue weighted by Gasteiger charge is 2.08. The van der Waals surface area contributed by atoms with Crippen molar-refractivity contribution in [2.24, 2.45) is 5.10 Å². The van der Waals surface area contributed by atoms with E-state index in [0.29, 0.717) is 27.8 Å². The van der Waals surface area contributed by atoms with Crippen molar-refractivity contribution in [3.05, 3.63) is 53.1 Å². The number of nitrogens with one attached hydrogen (secondary N) is 1. The molecule has 0 atom stereocenters. The van der Waals surface area contributed by atoms with Gasteiger partial charge in [0.1, 0.15) is 5.75 Å². The van der Waals surface area contributed by atoms with Gasteiger partial charge in [0.05, 0.1) is 18.3 Å². The van der Waals surface area contributed by atoms with E-state index in [9.17, 15) is 9.59 Å². The fourth-order valence-corrected chi connectivity index (χ4v) is 2.11. The summed E-state index contributed by atoms with van der Waals surface area (Å²) < 4.78 is 15.5. The number of benzene rings is 2. The van der Waals surface area contributed by atoms with Crippen LogP contribution in [0.3, 0.4) is 0 Å². The van der Waals surface area contributed by atoms with E-state index in [4.69, 9.17) is 25.8 Å². The minimum absolute atomic E-state index is 0.226. The van der Waals surface area contributed by atoms with Gasteiger partial charge in [-0.3, -0.25) is 9.59 Å². The SMILES string of the molecule is COc1cc(C=NNC(=O)COc2ccccc2Cl)ccc1OC(C)=O. The Labute approximate surface area is 155 Å². The van der Waals surface area contributed by atoms with Crippen molar-refractivity contribution in [2.75, 3.05) is 13.7 Å². The second kappa shape index (κ2) is 9.43. The van der Waals surface area contributed by atoms with Gasteiger partial charge < -0.3 is 14.2 Å². The van der Waals surface area contributed by atoms with Gasteiger partial charge in [0.25, 0.3) is 5.91 Å². The number of para-hydroxylation sites is 1. The molecule has 8 heteroatoms. The van der Waals surface area contributed by atoms with Gasteiger partial charge in [-0.05, 0) is 35.9 Å². The molecule has 0 saturated carbocycles. The fraction of sp³-hybridized carbons (Fsp3) is 0.167. The summed E-state index contributed by atoms with van der Waals surface area (Å²) in [7, 11) is 1.46. The number of carbonyl (C=O) groups is 2. The summed E-state index contributed by atoms with van der Waals surface area (Å²) in [6, 6.07) is 11.7. The summed E-state index contributed by atoms with van der Waals surface area (Å²) in [5.41, 5.74) is 2.98. The topological polar surface area (TPSA) is 86.2 Å². The third-order valence-corrected chi connectivity index (χ3v) is 3.35. The van der Waals surface area contributed by atoms with Crippen LogP contribution in [0.2, 0.25) is 5.02 Å². The number of hydrogen-bond acceptors (Lipinski definition) is 6. The molecule has 0 aliphatic carbocycles. The average molecular weight is 377 g/mol. The number of hydrazone groups is 1. The second-order valence-electron chi connectivity index (χ2n) is 5.02. The summed E-state index contributed by atoms with van der Waals surface area (Å²) in [6.45, 7) is 1.07. The van der Waals surface area contributed by atoms with Crippen molar-refractivity contribution in [3.8, 4) is 17.2 Å². The maximum Gasteiger partial charge on any atom is 0.308 e. The predicted molar refractivity (Wildman–Crippen MR) is 97.0 cm³/mol. The van der Waals surface area contributed by atoms with E-state index in [-0.39, 0.29) is 6.61 Å². The van der Waals surface area contributed by atoms with Crippen molar-refractivity contribution in [1.82, 2.24) is 5.43 Å². The van der Waals surface area contributed by atoms with E-state index in [0.717, 1.165) is 0 Å². The highest BCUT2D eigenvalue weighted by molar-refractivity contribution is 6.32. The van der Waals surface area contributed by atoms with Gasteiger partial charge in [-0.15, -0.1) is 0 Å². The highest BCUT2D eigenvalue weighted by atomic mass is 35.5. The largest absolute Gasteiger partial charge is 0.493 e. The molecule has 136 valence electrons. The Balaban J connectivity index is 1.90. The zero-order chi connectivity index (χ0) is 18.9. The first-order valence-corrected chi connectivity index (χ1v) is 7.93. The molecule has 0 bridgehead atoms. The van der Waals surface area contributed by atoms with Crippen LogP contribution in [0.15, 0.2) is 47.6 Å². The van der Waals surface area contributed by atoms with Gasteiger partial charge in [0, 0.05) is 6.92 Å². The first-order chi connectivity index (χ1) is 12.5. The van der Waals surface area contributed by atoms with E-state index in [1.807, 2.05) is 0 Å². The van der Waals surface area contributed by atoms with Crippen LogP contribution in [-0.2, 0) is 9.59 Å². The first kappa shape index (κ1) is 19.3. The number of rotatable bonds is 7. The number of halogens is 1. The molecule has 2 rings (SSSR count). The number of esters is 1. The summed E-state index contributed by atoms with van der Waals surface area (Å²) >= 11 is 5.94. The quantitative estimate of drug-likeness (QED) is 0.347. The molecular weight excluding hydrogens is 360 g/mol. The summed E-state index contributed by atoms with van der Waals surface area (Å²) in [6.07, 6.45) is 1.42. The lowest BCUT2D eigenvalue weighted by molar-refractivity contribution is -0.132. The van der Waals surface area contributed by atoms with E-state index in [1.54, 1.807) is 42.5 Å². The number of hydrogen-bond donors (Lipinski definition) is 1. The van der Waals surface area contributed by atoms with Crippen LogP contribution in [0.5, 0.6) is 17.2 Å². The molecule has 7 nitrogen and oxygen atoms in total. The zero-order valence-electron chi connectivity index (χ0n) is 14.2. The Bertz CT molecular complexity index is 823. The van der Waals surface area contributed by atoms with Gasteiger partial charge in [0.2, 0.25) is 0 Å². The molecule has 0 unspecified atom stereocenters. The Kier molecular flexibility index (Phi) is 6.99. The molecule has 0 heterocycles. The minimum Gasteiger partial charge on any atom is -0.493 e. The summed E-state index contributed by atoms with van der Waals surface area (Å²) in [4.78, 5) is 22.8. The molecule has 1 amide bonds. The molecule has 0 saturated heterocycles. The van der Waals surface area contributed by atoms with Gasteiger partial charge in [-0.1, -0.05) is 23.7 Å². The Morgan fingerprint density at radius 1 is 1.15 bits per heavy atom. The van der Waals surface area contributed by atoms with E-state index in [2.05, 4.69) is 10.5 Å². The van der Waals surface area contributed by atoms with Crippen molar-refractivity contribution in [2.45, 2.75) is 6.92 Å². The Hall–Kier alpha value is -3.06. The number of carbonyl (C=O) groups excluding carboxylic acids is 2. The molecule has 0 spiro atoms. The van der Waals surface area contributed by atoms with Gasteiger partial charge >= 0.3 is 5.97 Å². The highest BCUT2D eigenvalue weighted by Crippen LogP contribution is 2.27. The van der Waals surface area contributed by atoms with Crippen molar-refractivity contribution in [1.29, 1.82) is 0 Å². The van der Waals surface area contributed by atoms with Gasteiger partial charge in [-0.25, -0.2) is 5.43 Å². The normalized spacial score (nSPS) is 10.4. The monoisotopic (exact) mass is 376 g/mol. The number of amides is 1. The maximum atomic E-state index is 11.7. The maximum absolute atomic E-state index is 11.7. The molecule has 0 aliphatic rings. The number of ether oxygens (including phenoxy) is 3. The first-order valence-electron chi connectivity index (χ1n) is 7.55. The molecule has 0 fully saturated rings. The smallest absolute Gasteiger partial charge is 0.308 e. The zero-order valence-corrected chi connectivity index (χ0v) is 14.9. The number of nitrogens with zero attached hydrogens (tertiary/aromatic N) is 1. The number of methoxy groups -OCH3 is 1. The van der Waals surface area contributed by atoms with E-state index < -0.39 is 11.9 Å².